The van der Waals surface area contributed by atoms with E-state index in [9.17, 15) is 4.79 Å². The fraction of sp³-hybridized carbons (Fsp3) is 0.250. The van der Waals surface area contributed by atoms with Crippen LogP contribution in [0, 0.1) is 6.92 Å². The second kappa shape index (κ2) is 8.54. The predicted molar refractivity (Wildman–Crippen MR) is 126 cm³/mol. The number of aryl methyl sites for hydroxylation is 2. The third-order valence-electron chi connectivity index (χ3n) is 5.64. The van der Waals surface area contributed by atoms with Crippen molar-refractivity contribution in [3.05, 3.63) is 70.8 Å². The number of carbonyl (C=O) groups excluding carboxylic acids is 1. The summed E-state index contributed by atoms with van der Waals surface area (Å²) in [5, 5.41) is 15.7. The Morgan fingerprint density at radius 3 is 2.62 bits per heavy atom. The smallest absolute Gasteiger partial charge is 0.257 e. The molecule has 0 fully saturated rings. The molecule has 0 spiro atoms. The molecule has 0 atom stereocenters. The van der Waals surface area contributed by atoms with Crippen molar-refractivity contribution in [1.82, 2.24) is 35.1 Å². The van der Waals surface area contributed by atoms with E-state index in [4.69, 9.17) is 9.72 Å². The van der Waals surface area contributed by atoms with Crippen molar-refractivity contribution in [2.24, 2.45) is 7.05 Å². The minimum absolute atomic E-state index is 0.0732. The van der Waals surface area contributed by atoms with Gasteiger partial charge in [0.25, 0.3) is 5.91 Å². The number of methoxy groups -OCH3 is 1. The SMILES string of the molecule is COc1c(Nc2cc(Cc3cccc(C)n3)nc3c2C(=O)N(C)C3)cccc1-c1nnn(C)n1. The van der Waals surface area contributed by atoms with Crippen LogP contribution in [0.15, 0.2) is 42.5 Å². The summed E-state index contributed by atoms with van der Waals surface area (Å²) < 4.78 is 5.72. The summed E-state index contributed by atoms with van der Waals surface area (Å²) in [6, 6.07) is 13.5. The van der Waals surface area contributed by atoms with E-state index in [-0.39, 0.29) is 5.91 Å². The fourth-order valence-corrected chi connectivity index (χ4v) is 4.14. The zero-order valence-electron chi connectivity index (χ0n) is 19.4. The number of nitrogens with one attached hydrogen (secondary N) is 1. The molecule has 172 valence electrons. The minimum atomic E-state index is -0.0732. The second-order valence-electron chi connectivity index (χ2n) is 8.21. The number of aromatic nitrogens is 6. The lowest BCUT2D eigenvalue weighted by Crippen LogP contribution is -2.18. The molecule has 4 aromatic rings. The summed E-state index contributed by atoms with van der Waals surface area (Å²) >= 11 is 0. The van der Waals surface area contributed by atoms with Gasteiger partial charge in [0.2, 0.25) is 5.82 Å². The largest absolute Gasteiger partial charge is 0.494 e. The number of pyridine rings is 2. The molecule has 1 aliphatic heterocycles. The van der Waals surface area contributed by atoms with E-state index < -0.39 is 0 Å². The molecule has 0 aliphatic carbocycles. The van der Waals surface area contributed by atoms with Crippen molar-refractivity contribution in [2.45, 2.75) is 19.9 Å². The van der Waals surface area contributed by atoms with Crippen LogP contribution in [0.5, 0.6) is 5.75 Å². The summed E-state index contributed by atoms with van der Waals surface area (Å²) in [4.78, 5) is 25.4. The molecule has 34 heavy (non-hydrogen) atoms. The minimum Gasteiger partial charge on any atom is -0.494 e. The molecule has 1 amide bonds. The molecule has 5 rings (SSSR count). The quantitative estimate of drug-likeness (QED) is 0.472. The molecule has 0 bridgehead atoms. The number of hydrogen-bond acceptors (Lipinski definition) is 8. The molecule has 1 aliphatic rings. The highest BCUT2D eigenvalue weighted by molar-refractivity contribution is 6.03. The van der Waals surface area contributed by atoms with Gasteiger partial charge in [0.1, 0.15) is 0 Å². The van der Waals surface area contributed by atoms with Crippen molar-refractivity contribution >= 4 is 17.3 Å². The highest BCUT2D eigenvalue weighted by Gasteiger charge is 2.30. The Morgan fingerprint density at radius 1 is 1.06 bits per heavy atom. The lowest BCUT2D eigenvalue weighted by atomic mass is 10.1. The summed E-state index contributed by atoms with van der Waals surface area (Å²) in [6.07, 6.45) is 0.558. The van der Waals surface area contributed by atoms with Crippen LogP contribution in [0.3, 0.4) is 0 Å². The van der Waals surface area contributed by atoms with Crippen LogP contribution in [-0.2, 0) is 20.0 Å². The maximum atomic E-state index is 12.9. The molecule has 0 unspecified atom stereocenters. The first kappa shape index (κ1) is 21.5. The lowest BCUT2D eigenvalue weighted by molar-refractivity contribution is 0.0817. The van der Waals surface area contributed by atoms with Gasteiger partial charge in [-0.05, 0) is 42.5 Å². The van der Waals surface area contributed by atoms with E-state index in [2.05, 4.69) is 25.7 Å². The van der Waals surface area contributed by atoms with E-state index >= 15 is 0 Å². The number of ether oxygens (including phenoxy) is 1. The Bertz CT molecular complexity index is 1400. The predicted octanol–water partition coefficient (Wildman–Crippen LogP) is 2.90. The zero-order chi connectivity index (χ0) is 23.8. The highest BCUT2D eigenvalue weighted by atomic mass is 16.5. The van der Waals surface area contributed by atoms with Crippen LogP contribution in [-0.4, -0.2) is 55.1 Å². The summed E-state index contributed by atoms with van der Waals surface area (Å²) in [5.74, 6) is 0.933. The van der Waals surface area contributed by atoms with Crippen molar-refractivity contribution in [3.63, 3.8) is 0 Å². The first-order valence-corrected chi connectivity index (χ1v) is 10.8. The number of para-hydroxylation sites is 1. The maximum Gasteiger partial charge on any atom is 0.257 e. The van der Waals surface area contributed by atoms with Gasteiger partial charge in [-0.3, -0.25) is 14.8 Å². The number of carbonyl (C=O) groups is 1. The van der Waals surface area contributed by atoms with Gasteiger partial charge >= 0.3 is 0 Å². The third kappa shape index (κ3) is 3.94. The molecular formula is C24H24N8O2. The summed E-state index contributed by atoms with van der Waals surface area (Å²) in [6.45, 7) is 2.42. The first-order chi connectivity index (χ1) is 16.4. The molecule has 3 aromatic heterocycles. The molecule has 10 heteroatoms. The van der Waals surface area contributed by atoms with E-state index in [1.807, 2.05) is 49.4 Å². The monoisotopic (exact) mass is 456 g/mol. The molecule has 0 radical (unpaired) electrons. The second-order valence-corrected chi connectivity index (χ2v) is 8.21. The number of tetrazole rings is 1. The Morgan fingerprint density at radius 2 is 1.88 bits per heavy atom. The van der Waals surface area contributed by atoms with Crippen LogP contribution >= 0.6 is 0 Å². The van der Waals surface area contributed by atoms with Crippen LogP contribution in [0.25, 0.3) is 11.4 Å². The van der Waals surface area contributed by atoms with Crippen molar-refractivity contribution in [2.75, 3.05) is 19.5 Å². The van der Waals surface area contributed by atoms with Gasteiger partial charge in [0.05, 0.1) is 48.9 Å². The van der Waals surface area contributed by atoms with Gasteiger partial charge in [0, 0.05) is 30.6 Å². The standard InChI is InChI=1S/C24H24N8O2/c1-14-7-5-8-15(25-14)11-16-12-19(21-20(26-16)13-31(2)24(21)33)27-18-10-6-9-17(22(18)34-4)23-28-30-32(3)29-23/h5-10,12H,11,13H2,1-4H3,(H,26,27). The molecule has 1 N–H and O–H groups in total. The van der Waals surface area contributed by atoms with Gasteiger partial charge in [-0.1, -0.05) is 12.1 Å². The Balaban J connectivity index is 1.57. The Labute approximate surface area is 196 Å². The Kier molecular flexibility index (Phi) is 5.40. The van der Waals surface area contributed by atoms with Gasteiger partial charge in [-0.15, -0.1) is 10.2 Å². The molecule has 10 nitrogen and oxygen atoms in total. The molecule has 4 heterocycles. The highest BCUT2D eigenvalue weighted by Crippen LogP contribution is 2.38. The summed E-state index contributed by atoms with van der Waals surface area (Å²) in [7, 11) is 5.07. The van der Waals surface area contributed by atoms with Crippen LogP contribution in [0.1, 0.15) is 33.1 Å². The lowest BCUT2D eigenvalue weighted by Gasteiger charge is -2.16. The number of benzene rings is 1. The van der Waals surface area contributed by atoms with Crippen LogP contribution in [0.4, 0.5) is 11.4 Å². The Hall–Kier alpha value is -4.34. The average molecular weight is 457 g/mol. The van der Waals surface area contributed by atoms with Crippen LogP contribution < -0.4 is 10.1 Å². The first-order valence-electron chi connectivity index (χ1n) is 10.8. The number of amides is 1. The van der Waals surface area contributed by atoms with Gasteiger partial charge in [-0.2, -0.15) is 4.80 Å². The number of hydrogen-bond donors (Lipinski definition) is 1. The van der Waals surface area contributed by atoms with Gasteiger partial charge in [-0.25, -0.2) is 0 Å². The van der Waals surface area contributed by atoms with Crippen molar-refractivity contribution in [1.29, 1.82) is 0 Å². The molecular weight excluding hydrogens is 432 g/mol. The summed E-state index contributed by atoms with van der Waals surface area (Å²) in [5.41, 5.74) is 6.05. The van der Waals surface area contributed by atoms with Crippen molar-refractivity contribution < 1.29 is 9.53 Å². The third-order valence-corrected chi connectivity index (χ3v) is 5.64. The van der Waals surface area contributed by atoms with E-state index in [1.165, 1.54) is 4.80 Å². The molecule has 1 aromatic carbocycles. The number of rotatable bonds is 6. The van der Waals surface area contributed by atoms with Crippen LogP contribution in [0.2, 0.25) is 0 Å². The van der Waals surface area contributed by atoms with Crippen molar-refractivity contribution in [3.8, 4) is 17.1 Å². The fourth-order valence-electron chi connectivity index (χ4n) is 4.14. The van der Waals surface area contributed by atoms with Gasteiger partial charge < -0.3 is 15.0 Å². The molecule has 0 saturated heterocycles. The molecule has 0 saturated carbocycles. The number of fused-ring (bicyclic) bond motifs is 1. The van der Waals surface area contributed by atoms with E-state index in [1.54, 1.807) is 26.1 Å². The topological polar surface area (TPSA) is 111 Å². The number of nitrogens with zero attached hydrogens (tertiary/aromatic N) is 7. The van der Waals surface area contributed by atoms with E-state index in [0.717, 1.165) is 22.8 Å². The van der Waals surface area contributed by atoms with Gasteiger partial charge in [0.15, 0.2) is 5.75 Å². The maximum absolute atomic E-state index is 12.9. The normalized spacial score (nSPS) is 12.7. The van der Waals surface area contributed by atoms with E-state index in [0.29, 0.717) is 47.0 Å². The zero-order valence-corrected chi connectivity index (χ0v) is 19.4. The number of anilines is 2. The average Bonchev–Trinajstić information content (AvgIpc) is 3.36.